The molecule has 2 atom stereocenters. The third kappa shape index (κ3) is 6.65. The van der Waals surface area contributed by atoms with Gasteiger partial charge in [0.15, 0.2) is 11.8 Å². The summed E-state index contributed by atoms with van der Waals surface area (Å²) in [5.41, 5.74) is 0.214. The first-order valence-corrected chi connectivity index (χ1v) is 10.4. The van der Waals surface area contributed by atoms with Gasteiger partial charge in [-0.3, -0.25) is 9.59 Å². The molecule has 0 aliphatic carbocycles. The van der Waals surface area contributed by atoms with E-state index in [0.717, 1.165) is 0 Å². The molecule has 2 rings (SSSR count). The maximum Gasteiger partial charge on any atom is 0.327 e. The van der Waals surface area contributed by atoms with Crippen LogP contribution in [-0.4, -0.2) is 49.1 Å². The summed E-state index contributed by atoms with van der Waals surface area (Å²) in [4.78, 5) is 27.8. The Morgan fingerprint density at radius 1 is 1.21 bits per heavy atom. The lowest BCUT2D eigenvalue weighted by molar-refractivity contribution is -0.151. The number of carbonyl (C=O) groups is 2. The van der Waals surface area contributed by atoms with Gasteiger partial charge in [0.25, 0.3) is 5.91 Å². The molecule has 0 aliphatic heterocycles. The van der Waals surface area contributed by atoms with Crippen molar-refractivity contribution in [2.75, 3.05) is 11.9 Å². The van der Waals surface area contributed by atoms with Crippen molar-refractivity contribution >= 4 is 50.8 Å². The molecule has 0 bridgehead atoms. The number of hydrogen-bond acceptors (Lipinski definition) is 7. The number of nitrogens with zero attached hydrogens (tertiary/aromatic N) is 1. The summed E-state index contributed by atoms with van der Waals surface area (Å²) in [5.74, 6) is -1.86. The predicted molar refractivity (Wildman–Crippen MR) is 106 cm³/mol. The molecule has 1 aromatic carbocycles. The molecule has 0 radical (unpaired) electrons. The SMILES string of the molecule is C[C@@H](O)[C@@H](NS(=O)(=O)c1ccc(Cl)cc1)C(=O)OCC(=O)Nc1cccnc1Cl. The summed E-state index contributed by atoms with van der Waals surface area (Å²) in [6.45, 7) is 0.474. The average Bonchev–Trinajstić information content (AvgIpc) is 2.66. The molecule has 0 fully saturated rings. The van der Waals surface area contributed by atoms with Gasteiger partial charge >= 0.3 is 5.97 Å². The second kappa shape index (κ2) is 9.99. The Kier molecular flexibility index (Phi) is 7.94. The van der Waals surface area contributed by atoms with Gasteiger partial charge in [0.1, 0.15) is 6.04 Å². The van der Waals surface area contributed by atoms with Gasteiger partial charge < -0.3 is 15.2 Å². The minimum absolute atomic E-state index is 0.0461. The standard InChI is InChI=1S/C17H17Cl2N3O6S/c1-10(23)15(22-29(26,27)12-6-4-11(18)5-7-12)17(25)28-9-14(24)21-13-3-2-8-20-16(13)19/h2-8,10,15,22-23H,9H2,1H3,(H,21,24)/t10-,15-/m1/s1. The lowest BCUT2D eigenvalue weighted by atomic mass is 10.2. The highest BCUT2D eigenvalue weighted by molar-refractivity contribution is 7.89. The molecule has 0 aliphatic rings. The van der Waals surface area contributed by atoms with Crippen LogP contribution in [0.4, 0.5) is 5.69 Å². The van der Waals surface area contributed by atoms with E-state index in [-0.39, 0.29) is 15.7 Å². The van der Waals surface area contributed by atoms with E-state index >= 15 is 0 Å². The first-order valence-electron chi connectivity index (χ1n) is 8.13. The molecule has 0 unspecified atom stereocenters. The number of anilines is 1. The van der Waals surface area contributed by atoms with Crippen molar-refractivity contribution in [3.8, 4) is 0 Å². The van der Waals surface area contributed by atoms with Crippen molar-refractivity contribution in [3.63, 3.8) is 0 Å². The van der Waals surface area contributed by atoms with Gasteiger partial charge in [-0.1, -0.05) is 23.2 Å². The van der Waals surface area contributed by atoms with Crippen LogP contribution in [0.15, 0.2) is 47.5 Å². The fraction of sp³-hybridized carbons (Fsp3) is 0.235. The van der Waals surface area contributed by atoms with Gasteiger partial charge in [-0.25, -0.2) is 13.4 Å². The van der Waals surface area contributed by atoms with Gasteiger partial charge in [0.05, 0.1) is 16.7 Å². The molecule has 12 heteroatoms. The highest BCUT2D eigenvalue weighted by atomic mass is 35.5. The Hall–Kier alpha value is -2.24. The Morgan fingerprint density at radius 3 is 2.45 bits per heavy atom. The summed E-state index contributed by atoms with van der Waals surface area (Å²) >= 11 is 11.5. The molecule has 2 aromatic rings. The molecule has 3 N–H and O–H groups in total. The molecule has 29 heavy (non-hydrogen) atoms. The fourth-order valence-electron chi connectivity index (χ4n) is 2.08. The van der Waals surface area contributed by atoms with Crippen molar-refractivity contribution in [1.82, 2.24) is 9.71 Å². The van der Waals surface area contributed by atoms with Crippen molar-refractivity contribution in [1.29, 1.82) is 0 Å². The highest BCUT2D eigenvalue weighted by Crippen LogP contribution is 2.17. The molecule has 1 amide bonds. The number of esters is 1. The third-order valence-corrected chi connectivity index (χ3v) is 5.53. The monoisotopic (exact) mass is 461 g/mol. The smallest absolute Gasteiger partial charge is 0.327 e. The van der Waals surface area contributed by atoms with Crippen LogP contribution in [0, 0.1) is 0 Å². The van der Waals surface area contributed by atoms with Crippen molar-refractivity contribution in [3.05, 3.63) is 52.8 Å². The van der Waals surface area contributed by atoms with Crippen LogP contribution in [0.25, 0.3) is 0 Å². The van der Waals surface area contributed by atoms with Crippen LogP contribution in [0.3, 0.4) is 0 Å². The number of halogens is 2. The molecule has 9 nitrogen and oxygen atoms in total. The molecular formula is C17H17Cl2N3O6S. The normalized spacial score (nSPS) is 13.4. The predicted octanol–water partition coefficient (Wildman–Crippen LogP) is 1.60. The summed E-state index contributed by atoms with van der Waals surface area (Å²) in [5, 5.41) is 12.6. The number of hydrogen-bond donors (Lipinski definition) is 3. The summed E-state index contributed by atoms with van der Waals surface area (Å²) in [7, 11) is -4.15. The van der Waals surface area contributed by atoms with Crippen LogP contribution in [0.1, 0.15) is 6.92 Å². The minimum Gasteiger partial charge on any atom is -0.454 e. The lowest BCUT2D eigenvalue weighted by Gasteiger charge is -2.20. The van der Waals surface area contributed by atoms with Crippen LogP contribution in [-0.2, 0) is 24.3 Å². The van der Waals surface area contributed by atoms with E-state index < -0.39 is 40.7 Å². The Balaban J connectivity index is 2.01. The summed E-state index contributed by atoms with van der Waals surface area (Å²) in [6.07, 6.45) is -0.00157. The topological polar surface area (TPSA) is 135 Å². The van der Waals surface area contributed by atoms with E-state index in [2.05, 4.69) is 15.0 Å². The van der Waals surface area contributed by atoms with Crippen LogP contribution in [0.2, 0.25) is 10.2 Å². The number of aliphatic hydroxyl groups is 1. The number of nitrogens with one attached hydrogen (secondary N) is 2. The highest BCUT2D eigenvalue weighted by Gasteiger charge is 2.31. The van der Waals surface area contributed by atoms with Gasteiger partial charge in [0.2, 0.25) is 10.0 Å². The average molecular weight is 462 g/mol. The number of rotatable bonds is 8. The van der Waals surface area contributed by atoms with Crippen molar-refractivity contribution < 1.29 is 27.9 Å². The van der Waals surface area contributed by atoms with E-state index in [9.17, 15) is 23.1 Å². The zero-order valence-corrected chi connectivity index (χ0v) is 17.3. The number of benzene rings is 1. The second-order valence-electron chi connectivity index (χ2n) is 5.79. The molecule has 0 saturated heterocycles. The summed E-state index contributed by atoms with van der Waals surface area (Å²) in [6, 6.07) is 6.60. The summed E-state index contributed by atoms with van der Waals surface area (Å²) < 4.78 is 31.7. The molecule has 0 saturated carbocycles. The quantitative estimate of drug-likeness (QED) is 0.401. The van der Waals surface area contributed by atoms with E-state index in [1.165, 1.54) is 43.5 Å². The van der Waals surface area contributed by atoms with Crippen LogP contribution < -0.4 is 10.0 Å². The number of ether oxygens (including phenoxy) is 1. The Bertz CT molecular complexity index is 983. The van der Waals surface area contributed by atoms with E-state index in [1.807, 2.05) is 0 Å². The van der Waals surface area contributed by atoms with Crippen LogP contribution >= 0.6 is 23.2 Å². The number of aromatic nitrogens is 1. The molecular weight excluding hydrogens is 445 g/mol. The fourth-order valence-corrected chi connectivity index (χ4v) is 3.63. The maximum atomic E-state index is 12.4. The second-order valence-corrected chi connectivity index (χ2v) is 8.30. The minimum atomic E-state index is -4.15. The van der Waals surface area contributed by atoms with Gasteiger partial charge in [-0.05, 0) is 43.3 Å². The third-order valence-electron chi connectivity index (χ3n) is 3.52. The zero-order valence-electron chi connectivity index (χ0n) is 15.0. The Labute approximate surface area is 177 Å². The first-order chi connectivity index (χ1) is 13.6. The van der Waals surface area contributed by atoms with Gasteiger partial charge in [-0.2, -0.15) is 4.72 Å². The lowest BCUT2D eigenvalue weighted by Crippen LogP contribution is -2.48. The number of pyridine rings is 1. The zero-order chi connectivity index (χ0) is 21.6. The molecule has 1 heterocycles. The number of aliphatic hydroxyl groups excluding tert-OH is 1. The largest absolute Gasteiger partial charge is 0.454 e. The van der Waals surface area contributed by atoms with Crippen molar-refractivity contribution in [2.45, 2.75) is 24.0 Å². The molecule has 1 aromatic heterocycles. The van der Waals surface area contributed by atoms with E-state index in [1.54, 1.807) is 6.07 Å². The van der Waals surface area contributed by atoms with Crippen LogP contribution in [0.5, 0.6) is 0 Å². The number of carbonyl (C=O) groups excluding carboxylic acids is 2. The van der Waals surface area contributed by atoms with E-state index in [0.29, 0.717) is 5.02 Å². The molecule has 156 valence electrons. The maximum absolute atomic E-state index is 12.4. The van der Waals surface area contributed by atoms with E-state index in [4.69, 9.17) is 27.9 Å². The number of sulfonamides is 1. The molecule has 0 spiro atoms. The Morgan fingerprint density at radius 2 is 1.86 bits per heavy atom. The van der Waals surface area contributed by atoms with Crippen molar-refractivity contribution in [2.24, 2.45) is 0 Å². The number of amides is 1. The van der Waals surface area contributed by atoms with Gasteiger partial charge in [-0.15, -0.1) is 0 Å². The van der Waals surface area contributed by atoms with Gasteiger partial charge in [0, 0.05) is 11.2 Å². The first kappa shape index (κ1) is 23.0.